The van der Waals surface area contributed by atoms with Crippen LogP contribution < -0.4 is 5.32 Å². The van der Waals surface area contributed by atoms with Crippen molar-refractivity contribution in [3.8, 4) is 0 Å². The summed E-state index contributed by atoms with van der Waals surface area (Å²) in [6.07, 6.45) is 3.45. The van der Waals surface area contributed by atoms with Crippen LogP contribution in [0.25, 0.3) is 0 Å². The van der Waals surface area contributed by atoms with Crippen LogP contribution in [0.2, 0.25) is 0 Å². The molecule has 2 unspecified atom stereocenters. The zero-order valence-corrected chi connectivity index (χ0v) is 13.9. The molecule has 1 aromatic rings. The van der Waals surface area contributed by atoms with Crippen molar-refractivity contribution in [2.45, 2.75) is 45.6 Å². The molecule has 0 aromatic carbocycles. The Kier molecular flexibility index (Phi) is 5.58. The molecule has 2 N–H and O–H groups in total. The minimum atomic E-state index is -0.249. The van der Waals surface area contributed by atoms with Crippen molar-refractivity contribution in [3.05, 3.63) is 15.6 Å². The Balaban J connectivity index is 1.71. The van der Waals surface area contributed by atoms with Gasteiger partial charge in [-0.15, -0.1) is 11.3 Å². The predicted octanol–water partition coefficient (Wildman–Crippen LogP) is 2.10. The number of carbonyl (C=O) groups excluding carboxylic acids is 1. The molecule has 2 rings (SSSR count). The van der Waals surface area contributed by atoms with E-state index in [4.69, 9.17) is 0 Å². The quantitative estimate of drug-likeness (QED) is 0.875. The molecule has 0 radical (unpaired) electrons. The molecule has 2 amide bonds. The molecule has 21 heavy (non-hydrogen) atoms. The van der Waals surface area contributed by atoms with Crippen molar-refractivity contribution in [1.82, 2.24) is 15.2 Å². The fourth-order valence-electron chi connectivity index (χ4n) is 2.72. The van der Waals surface area contributed by atoms with Gasteiger partial charge >= 0.3 is 6.03 Å². The van der Waals surface area contributed by atoms with E-state index in [0.29, 0.717) is 13.1 Å². The summed E-state index contributed by atoms with van der Waals surface area (Å²) in [5.74, 6) is 0.227. The molecule has 0 spiro atoms. The van der Waals surface area contributed by atoms with Crippen LogP contribution in [-0.4, -0.2) is 47.3 Å². The van der Waals surface area contributed by atoms with E-state index < -0.39 is 0 Å². The van der Waals surface area contributed by atoms with Gasteiger partial charge in [0, 0.05) is 37.4 Å². The number of nitrogens with zero attached hydrogens (tertiary/aromatic N) is 2. The SMILES string of the molecule is Cc1nc(CCNC(=O)N(C)CC2CCCC2O)sc1C. The summed E-state index contributed by atoms with van der Waals surface area (Å²) in [6, 6.07) is -0.0703. The van der Waals surface area contributed by atoms with Gasteiger partial charge in [0.1, 0.15) is 0 Å². The number of hydrogen-bond donors (Lipinski definition) is 2. The summed E-state index contributed by atoms with van der Waals surface area (Å²) in [4.78, 5) is 19.4. The molecule has 1 saturated carbocycles. The zero-order valence-electron chi connectivity index (χ0n) is 13.1. The number of aryl methyl sites for hydroxylation is 2. The van der Waals surface area contributed by atoms with Gasteiger partial charge in [-0.2, -0.15) is 0 Å². The molecular formula is C15H25N3O2S. The highest BCUT2D eigenvalue weighted by molar-refractivity contribution is 7.11. The highest BCUT2D eigenvalue weighted by atomic mass is 32.1. The van der Waals surface area contributed by atoms with Gasteiger partial charge in [0.25, 0.3) is 0 Å². The van der Waals surface area contributed by atoms with Crippen molar-refractivity contribution in [2.24, 2.45) is 5.92 Å². The van der Waals surface area contributed by atoms with Crippen molar-refractivity contribution in [2.75, 3.05) is 20.1 Å². The van der Waals surface area contributed by atoms with Crippen LogP contribution in [0.3, 0.4) is 0 Å². The molecule has 1 aromatic heterocycles. The Morgan fingerprint density at radius 3 is 2.81 bits per heavy atom. The number of aromatic nitrogens is 1. The van der Waals surface area contributed by atoms with Crippen LogP contribution in [0.15, 0.2) is 0 Å². The number of urea groups is 1. The van der Waals surface area contributed by atoms with Gasteiger partial charge in [0.15, 0.2) is 0 Å². The third kappa shape index (κ3) is 4.41. The second kappa shape index (κ2) is 7.22. The molecule has 118 valence electrons. The highest BCUT2D eigenvalue weighted by Crippen LogP contribution is 2.25. The van der Waals surface area contributed by atoms with Crippen molar-refractivity contribution >= 4 is 17.4 Å². The lowest BCUT2D eigenvalue weighted by atomic mass is 10.1. The minimum Gasteiger partial charge on any atom is -0.393 e. The Morgan fingerprint density at radius 2 is 2.24 bits per heavy atom. The monoisotopic (exact) mass is 311 g/mol. The first kappa shape index (κ1) is 16.2. The number of carbonyl (C=O) groups is 1. The Labute approximate surface area is 130 Å². The summed E-state index contributed by atoms with van der Waals surface area (Å²) in [7, 11) is 1.79. The summed E-state index contributed by atoms with van der Waals surface area (Å²) in [5.41, 5.74) is 1.08. The van der Waals surface area contributed by atoms with E-state index >= 15 is 0 Å². The lowest BCUT2D eigenvalue weighted by Crippen LogP contribution is -2.41. The first-order valence-electron chi connectivity index (χ1n) is 7.57. The lowest BCUT2D eigenvalue weighted by molar-refractivity contribution is 0.114. The Hall–Kier alpha value is -1.14. The van der Waals surface area contributed by atoms with Gasteiger partial charge in [-0.05, 0) is 26.7 Å². The highest BCUT2D eigenvalue weighted by Gasteiger charge is 2.27. The average molecular weight is 311 g/mol. The van der Waals surface area contributed by atoms with E-state index in [0.717, 1.165) is 36.4 Å². The van der Waals surface area contributed by atoms with Gasteiger partial charge in [-0.25, -0.2) is 9.78 Å². The molecule has 5 nitrogen and oxygen atoms in total. The summed E-state index contributed by atoms with van der Waals surface area (Å²) in [6.45, 7) is 5.30. The van der Waals surface area contributed by atoms with E-state index in [1.807, 2.05) is 6.92 Å². The maximum absolute atomic E-state index is 12.0. The smallest absolute Gasteiger partial charge is 0.317 e. The molecule has 0 aliphatic heterocycles. The molecular weight excluding hydrogens is 286 g/mol. The number of rotatable bonds is 5. The second-order valence-electron chi connectivity index (χ2n) is 5.87. The van der Waals surface area contributed by atoms with E-state index in [1.165, 1.54) is 4.88 Å². The van der Waals surface area contributed by atoms with Gasteiger partial charge in [-0.3, -0.25) is 0 Å². The van der Waals surface area contributed by atoms with Crippen LogP contribution in [0.1, 0.15) is 34.8 Å². The van der Waals surface area contributed by atoms with Crippen LogP contribution >= 0.6 is 11.3 Å². The number of aliphatic hydroxyl groups is 1. The molecule has 1 aliphatic carbocycles. The summed E-state index contributed by atoms with van der Waals surface area (Å²) in [5, 5.41) is 13.8. The maximum Gasteiger partial charge on any atom is 0.317 e. The van der Waals surface area contributed by atoms with E-state index in [9.17, 15) is 9.90 Å². The average Bonchev–Trinajstić information content (AvgIpc) is 2.97. The maximum atomic E-state index is 12.0. The number of thiazole rings is 1. The van der Waals surface area contributed by atoms with E-state index in [1.54, 1.807) is 23.3 Å². The van der Waals surface area contributed by atoms with Crippen LogP contribution in [0.4, 0.5) is 4.79 Å². The molecule has 0 bridgehead atoms. The van der Waals surface area contributed by atoms with Crippen LogP contribution in [0.5, 0.6) is 0 Å². The Bertz CT molecular complexity index is 470. The number of nitrogens with one attached hydrogen (secondary N) is 1. The number of aliphatic hydroxyl groups excluding tert-OH is 1. The fraction of sp³-hybridized carbons (Fsp3) is 0.733. The lowest BCUT2D eigenvalue weighted by Gasteiger charge is -2.23. The number of amides is 2. The predicted molar refractivity (Wildman–Crippen MR) is 84.7 cm³/mol. The molecule has 1 fully saturated rings. The molecule has 0 saturated heterocycles. The van der Waals surface area contributed by atoms with Gasteiger partial charge in [0.05, 0.1) is 16.8 Å². The third-order valence-corrected chi connectivity index (χ3v) is 5.29. The topological polar surface area (TPSA) is 65.5 Å². The molecule has 1 heterocycles. The largest absolute Gasteiger partial charge is 0.393 e. The first-order chi connectivity index (χ1) is 9.97. The zero-order chi connectivity index (χ0) is 15.4. The van der Waals surface area contributed by atoms with Gasteiger partial charge in [-0.1, -0.05) is 6.42 Å². The third-order valence-electron chi connectivity index (χ3n) is 4.16. The van der Waals surface area contributed by atoms with Crippen molar-refractivity contribution < 1.29 is 9.90 Å². The van der Waals surface area contributed by atoms with Gasteiger partial charge < -0.3 is 15.3 Å². The van der Waals surface area contributed by atoms with Gasteiger partial charge in [0.2, 0.25) is 0 Å². The van der Waals surface area contributed by atoms with E-state index in [2.05, 4.69) is 17.2 Å². The number of hydrogen-bond acceptors (Lipinski definition) is 4. The molecule has 2 atom stereocenters. The first-order valence-corrected chi connectivity index (χ1v) is 8.39. The van der Waals surface area contributed by atoms with Crippen molar-refractivity contribution in [1.29, 1.82) is 0 Å². The summed E-state index contributed by atoms with van der Waals surface area (Å²) >= 11 is 1.69. The van der Waals surface area contributed by atoms with Crippen LogP contribution in [0, 0.1) is 19.8 Å². The Morgan fingerprint density at radius 1 is 1.48 bits per heavy atom. The normalized spacial score (nSPS) is 21.5. The van der Waals surface area contributed by atoms with Crippen molar-refractivity contribution in [3.63, 3.8) is 0 Å². The summed E-state index contributed by atoms with van der Waals surface area (Å²) < 4.78 is 0. The molecule has 1 aliphatic rings. The molecule has 6 heteroatoms. The standard InChI is InChI=1S/C15H25N3O2S/c1-10-11(2)21-14(17-10)7-8-16-15(20)18(3)9-12-5-4-6-13(12)19/h12-13,19H,4-9H2,1-3H3,(H,16,20). The second-order valence-corrected chi connectivity index (χ2v) is 7.16. The fourth-order valence-corrected chi connectivity index (χ4v) is 3.66. The van der Waals surface area contributed by atoms with Crippen LogP contribution in [-0.2, 0) is 6.42 Å². The van der Waals surface area contributed by atoms with E-state index in [-0.39, 0.29) is 18.1 Å². The minimum absolute atomic E-state index is 0.0703.